The summed E-state index contributed by atoms with van der Waals surface area (Å²) in [5.41, 5.74) is -1.21. The molecule has 0 radical (unpaired) electrons. The Balaban J connectivity index is 2.30. The van der Waals surface area contributed by atoms with Crippen LogP contribution in [0.25, 0.3) is 0 Å². The van der Waals surface area contributed by atoms with Gasteiger partial charge in [-0.2, -0.15) is 0 Å². The molecule has 1 atom stereocenters. The van der Waals surface area contributed by atoms with Crippen LogP contribution in [0.2, 0.25) is 0 Å². The molecule has 0 aromatic heterocycles. The molecular weight excluding hydrogens is 206 g/mol. The van der Waals surface area contributed by atoms with Crippen LogP contribution in [-0.4, -0.2) is 34.9 Å². The molecule has 0 aromatic carbocycles. The first-order valence-electron chi connectivity index (χ1n) is 6.05. The second-order valence-electron chi connectivity index (χ2n) is 5.33. The lowest BCUT2D eigenvalue weighted by atomic mass is 9.82. The number of carbonyl (C=O) groups excluding carboxylic acids is 1. The molecule has 1 saturated carbocycles. The maximum Gasteiger partial charge on any atom is 0.223 e. The number of carbonyl (C=O) groups is 1. The van der Waals surface area contributed by atoms with Crippen molar-refractivity contribution in [2.75, 3.05) is 13.2 Å². The molecule has 1 rings (SSSR count). The third kappa shape index (κ3) is 4.10. The van der Waals surface area contributed by atoms with Crippen molar-refractivity contribution < 1.29 is 15.0 Å². The largest absolute Gasteiger partial charge is 0.393 e. The molecule has 0 saturated heterocycles. The molecule has 1 aliphatic rings. The minimum Gasteiger partial charge on any atom is -0.393 e. The first kappa shape index (κ1) is 13.5. The molecule has 4 nitrogen and oxygen atoms in total. The second-order valence-corrected chi connectivity index (χ2v) is 5.33. The Hall–Kier alpha value is -0.610. The number of aliphatic hydroxyl groups excluding tert-OH is 1. The van der Waals surface area contributed by atoms with E-state index >= 15 is 0 Å². The highest BCUT2D eigenvalue weighted by molar-refractivity contribution is 5.78. The van der Waals surface area contributed by atoms with Gasteiger partial charge in [0.15, 0.2) is 0 Å². The third-order valence-electron chi connectivity index (χ3n) is 3.37. The lowest BCUT2D eigenvalue weighted by Gasteiger charge is -2.27. The predicted molar refractivity (Wildman–Crippen MR) is 61.8 cm³/mol. The fourth-order valence-electron chi connectivity index (χ4n) is 2.00. The minimum atomic E-state index is -1.21. The fraction of sp³-hybridized carbons (Fsp3) is 0.917. The van der Waals surface area contributed by atoms with E-state index in [0.717, 1.165) is 31.6 Å². The Morgan fingerprint density at radius 3 is 2.44 bits per heavy atom. The molecule has 4 heteroatoms. The van der Waals surface area contributed by atoms with Gasteiger partial charge >= 0.3 is 0 Å². The van der Waals surface area contributed by atoms with Crippen molar-refractivity contribution in [2.45, 2.75) is 45.1 Å². The summed E-state index contributed by atoms with van der Waals surface area (Å²) in [7, 11) is 0. The minimum absolute atomic E-state index is 0.0145. The van der Waals surface area contributed by atoms with Crippen LogP contribution < -0.4 is 5.32 Å². The van der Waals surface area contributed by atoms with Crippen LogP contribution in [0.5, 0.6) is 0 Å². The van der Waals surface area contributed by atoms with Gasteiger partial charge in [-0.1, -0.05) is 6.92 Å². The monoisotopic (exact) mass is 229 g/mol. The summed E-state index contributed by atoms with van der Waals surface area (Å²) in [4.78, 5) is 11.8. The summed E-state index contributed by atoms with van der Waals surface area (Å²) in [6.07, 6.45) is 4.09. The highest BCUT2D eigenvalue weighted by Crippen LogP contribution is 2.28. The fourth-order valence-corrected chi connectivity index (χ4v) is 2.00. The molecule has 0 heterocycles. The van der Waals surface area contributed by atoms with Crippen LogP contribution in [-0.2, 0) is 4.79 Å². The van der Waals surface area contributed by atoms with Gasteiger partial charge in [0.25, 0.3) is 0 Å². The van der Waals surface area contributed by atoms with Crippen molar-refractivity contribution >= 4 is 5.91 Å². The third-order valence-corrected chi connectivity index (χ3v) is 3.37. The van der Waals surface area contributed by atoms with Crippen molar-refractivity contribution in [3.8, 4) is 0 Å². The van der Waals surface area contributed by atoms with E-state index in [-0.39, 0.29) is 25.0 Å². The van der Waals surface area contributed by atoms with Gasteiger partial charge in [0, 0.05) is 12.5 Å². The first-order valence-corrected chi connectivity index (χ1v) is 6.05. The summed E-state index contributed by atoms with van der Waals surface area (Å²) in [5.74, 6) is 0.830. The molecule has 1 amide bonds. The Bertz CT molecular complexity index is 232. The van der Waals surface area contributed by atoms with E-state index in [9.17, 15) is 9.90 Å². The highest BCUT2D eigenvalue weighted by Gasteiger charge is 2.26. The van der Waals surface area contributed by atoms with Crippen molar-refractivity contribution in [3.63, 3.8) is 0 Å². The van der Waals surface area contributed by atoms with Crippen LogP contribution in [0.15, 0.2) is 0 Å². The molecule has 0 bridgehead atoms. The van der Waals surface area contributed by atoms with Crippen LogP contribution in [0.3, 0.4) is 0 Å². The Labute approximate surface area is 97.0 Å². The summed E-state index contributed by atoms with van der Waals surface area (Å²) >= 11 is 0. The van der Waals surface area contributed by atoms with Gasteiger partial charge in [-0.15, -0.1) is 0 Å². The smallest absolute Gasteiger partial charge is 0.223 e. The summed E-state index contributed by atoms with van der Waals surface area (Å²) in [5, 5.41) is 21.1. The van der Waals surface area contributed by atoms with Gasteiger partial charge in [0.1, 0.15) is 5.60 Å². The number of amides is 1. The summed E-state index contributed by atoms with van der Waals surface area (Å²) < 4.78 is 0. The average molecular weight is 229 g/mol. The lowest BCUT2D eigenvalue weighted by Crippen LogP contribution is -2.45. The Morgan fingerprint density at radius 2 is 1.94 bits per heavy atom. The number of rotatable bonds is 4. The highest BCUT2D eigenvalue weighted by atomic mass is 16.3. The maximum absolute atomic E-state index is 11.8. The van der Waals surface area contributed by atoms with Crippen LogP contribution in [0.1, 0.15) is 39.5 Å². The van der Waals surface area contributed by atoms with E-state index in [0.29, 0.717) is 0 Å². The number of aliphatic hydroxyl groups is 2. The Kier molecular flexibility index (Phi) is 4.74. The SMILES string of the molecule is CC1CCC(C(=O)NCC(C)(O)CO)CC1. The van der Waals surface area contributed by atoms with Crippen molar-refractivity contribution in [2.24, 2.45) is 11.8 Å². The second kappa shape index (κ2) is 5.64. The molecule has 0 spiro atoms. The van der Waals surface area contributed by atoms with E-state index in [1.807, 2.05) is 0 Å². The summed E-state index contributed by atoms with van der Waals surface area (Å²) in [6.45, 7) is 3.50. The van der Waals surface area contributed by atoms with E-state index < -0.39 is 5.60 Å². The molecule has 0 aromatic rings. The van der Waals surface area contributed by atoms with Gasteiger partial charge in [-0.25, -0.2) is 0 Å². The van der Waals surface area contributed by atoms with Gasteiger partial charge in [0.2, 0.25) is 5.91 Å². The van der Waals surface area contributed by atoms with Gasteiger partial charge in [-0.05, 0) is 38.5 Å². The zero-order chi connectivity index (χ0) is 12.2. The topological polar surface area (TPSA) is 69.6 Å². The zero-order valence-electron chi connectivity index (χ0n) is 10.2. The van der Waals surface area contributed by atoms with Crippen LogP contribution >= 0.6 is 0 Å². The molecule has 1 unspecified atom stereocenters. The number of hydrogen-bond donors (Lipinski definition) is 3. The lowest BCUT2D eigenvalue weighted by molar-refractivity contribution is -0.127. The molecular formula is C12H23NO3. The van der Waals surface area contributed by atoms with Crippen LogP contribution in [0, 0.1) is 11.8 Å². The van der Waals surface area contributed by atoms with Crippen molar-refractivity contribution in [3.05, 3.63) is 0 Å². The van der Waals surface area contributed by atoms with E-state index in [4.69, 9.17) is 5.11 Å². The number of hydrogen-bond acceptors (Lipinski definition) is 3. The van der Waals surface area contributed by atoms with E-state index in [1.165, 1.54) is 6.92 Å². The van der Waals surface area contributed by atoms with Crippen molar-refractivity contribution in [1.29, 1.82) is 0 Å². The quantitative estimate of drug-likeness (QED) is 0.663. The molecule has 94 valence electrons. The normalized spacial score (nSPS) is 29.5. The van der Waals surface area contributed by atoms with Gasteiger partial charge in [-0.3, -0.25) is 4.79 Å². The van der Waals surface area contributed by atoms with E-state index in [2.05, 4.69) is 12.2 Å². The molecule has 1 fully saturated rings. The molecule has 0 aliphatic heterocycles. The number of nitrogens with one attached hydrogen (secondary N) is 1. The van der Waals surface area contributed by atoms with Crippen molar-refractivity contribution in [1.82, 2.24) is 5.32 Å². The molecule has 1 aliphatic carbocycles. The molecule has 3 N–H and O–H groups in total. The standard InChI is InChI=1S/C12H23NO3/c1-9-3-5-10(6-4-9)11(15)13-7-12(2,16)8-14/h9-10,14,16H,3-8H2,1-2H3,(H,13,15). The first-order chi connectivity index (χ1) is 7.44. The maximum atomic E-state index is 11.8. The van der Waals surface area contributed by atoms with Gasteiger partial charge in [0.05, 0.1) is 6.61 Å². The van der Waals surface area contributed by atoms with Gasteiger partial charge < -0.3 is 15.5 Å². The predicted octanol–water partition coefficient (Wildman–Crippen LogP) is 0.672. The Morgan fingerprint density at radius 1 is 1.38 bits per heavy atom. The molecule has 16 heavy (non-hydrogen) atoms. The zero-order valence-corrected chi connectivity index (χ0v) is 10.2. The summed E-state index contributed by atoms with van der Waals surface area (Å²) in [6, 6.07) is 0. The average Bonchev–Trinajstić information content (AvgIpc) is 2.27. The van der Waals surface area contributed by atoms with Crippen LogP contribution in [0.4, 0.5) is 0 Å². The van der Waals surface area contributed by atoms with E-state index in [1.54, 1.807) is 0 Å².